The lowest BCUT2D eigenvalue weighted by atomic mass is 10.0. The summed E-state index contributed by atoms with van der Waals surface area (Å²) < 4.78 is 5.46. The highest BCUT2D eigenvalue weighted by Crippen LogP contribution is 2.56. The third-order valence-corrected chi connectivity index (χ3v) is 6.68. The monoisotopic (exact) mass is 365 g/mol. The second-order valence-electron chi connectivity index (χ2n) is 8.20. The molecule has 3 fully saturated rings. The fourth-order valence-corrected chi connectivity index (χ4v) is 5.13. The predicted molar refractivity (Wildman–Crippen MR) is 108 cm³/mol. The summed E-state index contributed by atoms with van der Waals surface area (Å²) in [5, 5.41) is 0. The molecule has 1 N–H and O–H groups in total. The van der Waals surface area contributed by atoms with Crippen LogP contribution in [0.15, 0.2) is 47.3 Å². The number of rotatable bonds is 4. The van der Waals surface area contributed by atoms with Crippen LogP contribution in [-0.4, -0.2) is 43.9 Å². The van der Waals surface area contributed by atoms with E-state index < -0.39 is 0 Å². The Morgan fingerprint density at radius 3 is 2.70 bits per heavy atom. The molecule has 1 aromatic heterocycles. The van der Waals surface area contributed by atoms with Crippen LogP contribution in [0.2, 0.25) is 0 Å². The molecule has 0 spiro atoms. The molecule has 1 aliphatic carbocycles. The lowest BCUT2D eigenvalue weighted by Crippen LogP contribution is -2.39. The number of H-pyrrole nitrogens is 1. The van der Waals surface area contributed by atoms with Crippen LogP contribution in [0, 0.1) is 17.8 Å². The van der Waals surface area contributed by atoms with Gasteiger partial charge in [0.2, 0.25) is 0 Å². The van der Waals surface area contributed by atoms with Crippen molar-refractivity contribution in [2.45, 2.75) is 19.4 Å². The van der Waals surface area contributed by atoms with Crippen LogP contribution in [0.25, 0.3) is 0 Å². The van der Waals surface area contributed by atoms with Gasteiger partial charge in [0.1, 0.15) is 5.82 Å². The highest BCUT2D eigenvalue weighted by molar-refractivity contribution is 5.57. The molecule has 0 bridgehead atoms. The maximum atomic E-state index is 12.4. The Hall–Kier alpha value is -2.27. The van der Waals surface area contributed by atoms with Crippen molar-refractivity contribution in [1.29, 1.82) is 0 Å². The van der Waals surface area contributed by atoms with Crippen molar-refractivity contribution in [1.82, 2.24) is 4.98 Å². The van der Waals surface area contributed by atoms with Crippen LogP contribution >= 0.6 is 0 Å². The van der Waals surface area contributed by atoms with Crippen LogP contribution in [0.4, 0.5) is 11.5 Å². The number of aromatic amines is 1. The van der Waals surface area contributed by atoms with Gasteiger partial charge in [0.05, 0.1) is 13.2 Å². The third kappa shape index (κ3) is 3.14. The quantitative estimate of drug-likeness (QED) is 0.905. The van der Waals surface area contributed by atoms with Gasteiger partial charge in [-0.05, 0) is 29.7 Å². The standard InChI is InChI=1S/C22H27N3O2/c1-15-18-14-25(19(22(15)18)11-16-5-3-2-4-6-16)20-12-17(13-21(26)23-20)24-7-9-27-10-8-24/h2-6,12-13,15,18-19,22H,7-11,14H2,1H3,(H,23,26)/t15-,18+,19+,22-/m1/s1. The molecular weight excluding hydrogens is 338 g/mol. The van der Waals surface area contributed by atoms with Gasteiger partial charge >= 0.3 is 0 Å². The van der Waals surface area contributed by atoms with Gasteiger partial charge in [0, 0.05) is 43.5 Å². The number of morpholine rings is 1. The molecule has 0 radical (unpaired) electrons. The Kier molecular flexibility index (Phi) is 4.20. The van der Waals surface area contributed by atoms with E-state index in [2.05, 4.69) is 58.1 Å². The van der Waals surface area contributed by atoms with Gasteiger partial charge in [-0.25, -0.2) is 0 Å². The molecule has 1 aromatic carbocycles. The summed E-state index contributed by atoms with van der Waals surface area (Å²) in [5.74, 6) is 3.27. The van der Waals surface area contributed by atoms with E-state index in [1.54, 1.807) is 6.07 Å². The zero-order chi connectivity index (χ0) is 18.4. The van der Waals surface area contributed by atoms with Crippen molar-refractivity contribution in [3.05, 3.63) is 58.4 Å². The number of nitrogens with zero attached hydrogens (tertiary/aromatic N) is 2. The molecule has 4 atom stereocenters. The lowest BCUT2D eigenvalue weighted by Gasteiger charge is -2.33. The van der Waals surface area contributed by atoms with Gasteiger partial charge in [-0.1, -0.05) is 37.3 Å². The molecule has 27 heavy (non-hydrogen) atoms. The van der Waals surface area contributed by atoms with Gasteiger partial charge in [0.25, 0.3) is 5.56 Å². The SMILES string of the molecule is C[C@@H]1[C@@H]2CN(c3cc(N4CCOCC4)cc(=O)[nH]3)[C@@H](Cc3ccccc3)[C@H]12. The first-order valence-corrected chi connectivity index (χ1v) is 10.1. The van der Waals surface area contributed by atoms with E-state index in [0.717, 1.165) is 68.5 Å². The number of hydrogen-bond donors (Lipinski definition) is 1. The summed E-state index contributed by atoms with van der Waals surface area (Å²) in [6, 6.07) is 15.1. The average Bonchev–Trinajstić information content (AvgIpc) is 3.16. The molecule has 5 nitrogen and oxygen atoms in total. The molecule has 3 heterocycles. The molecular formula is C22H27N3O2. The third-order valence-electron chi connectivity index (χ3n) is 6.68. The average molecular weight is 365 g/mol. The Bertz CT molecular complexity index is 859. The van der Waals surface area contributed by atoms with E-state index in [1.807, 2.05) is 0 Å². The topological polar surface area (TPSA) is 48.6 Å². The molecule has 2 aromatic rings. The van der Waals surface area contributed by atoms with Crippen LogP contribution in [-0.2, 0) is 11.2 Å². The normalized spacial score (nSPS) is 29.7. The van der Waals surface area contributed by atoms with Crippen LogP contribution in [0.5, 0.6) is 0 Å². The zero-order valence-electron chi connectivity index (χ0n) is 15.8. The van der Waals surface area contributed by atoms with E-state index in [9.17, 15) is 4.79 Å². The smallest absolute Gasteiger partial charge is 0.251 e. The van der Waals surface area contributed by atoms with Crippen LogP contribution in [0.1, 0.15) is 12.5 Å². The van der Waals surface area contributed by atoms with Crippen LogP contribution in [0.3, 0.4) is 0 Å². The van der Waals surface area contributed by atoms with E-state index >= 15 is 0 Å². The lowest BCUT2D eigenvalue weighted by molar-refractivity contribution is 0.122. The summed E-state index contributed by atoms with van der Waals surface area (Å²) >= 11 is 0. The first kappa shape index (κ1) is 16.9. The van der Waals surface area contributed by atoms with Crippen molar-refractivity contribution in [3.63, 3.8) is 0 Å². The van der Waals surface area contributed by atoms with Gasteiger partial charge in [-0.2, -0.15) is 0 Å². The summed E-state index contributed by atoms with van der Waals surface area (Å²) in [7, 11) is 0. The number of fused-ring (bicyclic) bond motifs is 1. The second-order valence-corrected chi connectivity index (χ2v) is 8.20. The largest absolute Gasteiger partial charge is 0.378 e. The van der Waals surface area contributed by atoms with Crippen molar-refractivity contribution < 1.29 is 4.74 Å². The Morgan fingerprint density at radius 1 is 1.15 bits per heavy atom. The highest BCUT2D eigenvalue weighted by atomic mass is 16.5. The van der Waals surface area contributed by atoms with E-state index in [4.69, 9.17) is 4.74 Å². The van der Waals surface area contributed by atoms with Crippen molar-refractivity contribution >= 4 is 11.5 Å². The Labute approximate surface area is 159 Å². The van der Waals surface area contributed by atoms with Gasteiger partial charge in [-0.3, -0.25) is 4.79 Å². The second kappa shape index (κ2) is 6.71. The van der Waals surface area contributed by atoms with Crippen molar-refractivity contribution in [2.75, 3.05) is 42.6 Å². The highest BCUT2D eigenvalue weighted by Gasteiger charge is 2.58. The predicted octanol–water partition coefficient (Wildman–Crippen LogP) is 2.52. The van der Waals surface area contributed by atoms with Gasteiger partial charge < -0.3 is 19.5 Å². The molecule has 5 rings (SSSR count). The van der Waals surface area contributed by atoms with E-state index in [-0.39, 0.29) is 5.56 Å². The summed E-state index contributed by atoms with van der Waals surface area (Å²) in [6.07, 6.45) is 1.04. The molecule has 2 saturated heterocycles. The fourth-order valence-electron chi connectivity index (χ4n) is 5.13. The molecule has 0 unspecified atom stereocenters. The molecule has 142 valence electrons. The molecule has 2 aliphatic heterocycles. The zero-order valence-corrected chi connectivity index (χ0v) is 15.8. The van der Waals surface area contributed by atoms with Crippen LogP contribution < -0.4 is 15.4 Å². The summed E-state index contributed by atoms with van der Waals surface area (Å²) in [6.45, 7) is 6.56. The van der Waals surface area contributed by atoms with E-state index in [0.29, 0.717) is 6.04 Å². The van der Waals surface area contributed by atoms with Gasteiger partial charge in [0.15, 0.2) is 0 Å². The number of benzene rings is 1. The first-order valence-electron chi connectivity index (χ1n) is 10.1. The molecule has 1 saturated carbocycles. The fraction of sp³-hybridized carbons (Fsp3) is 0.500. The number of ether oxygens (including phenoxy) is 1. The number of hydrogen-bond acceptors (Lipinski definition) is 4. The minimum Gasteiger partial charge on any atom is -0.378 e. The minimum absolute atomic E-state index is 0.0129. The summed E-state index contributed by atoms with van der Waals surface area (Å²) in [5.41, 5.74) is 2.38. The number of piperidine rings is 1. The molecule has 5 heteroatoms. The van der Waals surface area contributed by atoms with E-state index in [1.165, 1.54) is 5.56 Å². The Balaban J connectivity index is 1.44. The number of pyridine rings is 1. The Morgan fingerprint density at radius 2 is 1.93 bits per heavy atom. The van der Waals surface area contributed by atoms with Crippen molar-refractivity contribution in [2.24, 2.45) is 17.8 Å². The maximum Gasteiger partial charge on any atom is 0.251 e. The van der Waals surface area contributed by atoms with Gasteiger partial charge in [-0.15, -0.1) is 0 Å². The summed E-state index contributed by atoms with van der Waals surface area (Å²) in [4.78, 5) is 20.2. The minimum atomic E-state index is -0.0129. The first-order chi connectivity index (χ1) is 13.2. The number of aromatic nitrogens is 1. The maximum absolute atomic E-state index is 12.4. The van der Waals surface area contributed by atoms with Crippen molar-refractivity contribution in [3.8, 4) is 0 Å². The number of nitrogens with one attached hydrogen (secondary N) is 1. The number of anilines is 2. The molecule has 0 amide bonds. The molecule has 3 aliphatic rings.